The Balaban J connectivity index is 0.0000304. The average Bonchev–Trinajstić information content (AvgIpc) is 3.34. The van der Waals surface area contributed by atoms with Gasteiger partial charge in [-0.1, -0.05) is 64.4 Å². The van der Waals surface area contributed by atoms with Crippen molar-refractivity contribution in [3.05, 3.63) is 35.9 Å². The molecule has 6 atom stereocenters. The molecular weight excluding hydrogens is 1160 g/mol. The van der Waals surface area contributed by atoms with E-state index in [1.54, 1.807) is 42.2 Å². The Labute approximate surface area is 486 Å². The standard InChI is InChI=1S/C49H84N16O12.Tb/c1-5-32(4)42(47(77)59-36(43(50)73)26-33-11-7-6-8-12-33)61-46(76)37(25-31(2)3)60-45(75)35(14-10-16-56-49(53)54)58-44(74)34(13-9-15-55-48(51)52)57-38(66)27-62-17-19-63(28-39(67)68)21-23-65(30-41(71)72)24-22-64(20-18-62)29-40(69)70;/h6-8,11-12,31-32,34-37,42H,5,9-10,13-30H2,1-4H3,(H2,50,73)(H,57,66)(H,58,74)(H,59,77)(H,60,75)(H,61,76)(H,67,68)(H,69,70)(H,71,72)(H4,51,52,55)(H4,53,54,56);/q;+3/p-3/t32-,34-,35-,36-,37-,42-;/m0./s1. The zero-order chi connectivity index (χ0) is 57.6. The fourth-order valence-electron chi connectivity index (χ4n) is 8.28. The normalized spacial score (nSPS) is 16.3. The smallest absolute Gasteiger partial charge is 0.549 e. The fraction of sp³-hybridized carbons (Fsp3) is 0.653. The molecule has 0 aromatic heterocycles. The first-order valence-corrected chi connectivity index (χ1v) is 25.8. The van der Waals surface area contributed by atoms with Gasteiger partial charge in [0.25, 0.3) is 0 Å². The van der Waals surface area contributed by atoms with E-state index >= 15 is 0 Å². The van der Waals surface area contributed by atoms with E-state index in [1.165, 1.54) is 14.7 Å². The molecule has 28 nitrogen and oxygen atoms in total. The number of amides is 6. The van der Waals surface area contributed by atoms with Crippen molar-refractivity contribution in [3.8, 4) is 0 Å². The summed E-state index contributed by atoms with van der Waals surface area (Å²) in [7, 11) is 0. The van der Waals surface area contributed by atoms with Crippen LogP contribution in [0.5, 0.6) is 0 Å². The van der Waals surface area contributed by atoms with Gasteiger partial charge in [-0.05, 0) is 49.5 Å². The molecule has 1 aliphatic heterocycles. The quantitative estimate of drug-likeness (QED) is 0.0182. The Kier molecular flexibility index (Phi) is 34.0. The first-order chi connectivity index (χ1) is 36.4. The van der Waals surface area contributed by atoms with Crippen LogP contribution in [0.4, 0.5) is 0 Å². The Bertz CT molecular complexity index is 2120. The van der Waals surface area contributed by atoms with Gasteiger partial charge >= 0.3 is 38.6 Å². The molecule has 15 N–H and O–H groups in total. The minimum absolute atomic E-state index is 0. The molecule has 0 bridgehead atoms. The predicted molar refractivity (Wildman–Crippen MR) is 279 cm³/mol. The Hall–Kier alpha value is -5.88. The molecule has 1 saturated heterocycles. The minimum Gasteiger partial charge on any atom is -0.549 e. The zero-order valence-corrected chi connectivity index (χ0v) is 47.2. The van der Waals surface area contributed by atoms with E-state index in [9.17, 15) is 58.5 Å². The number of aliphatic carboxylic acids is 3. The van der Waals surface area contributed by atoms with Gasteiger partial charge < -0.3 is 85.0 Å². The Morgan fingerprint density at radius 1 is 0.538 bits per heavy atom. The second-order valence-electron chi connectivity index (χ2n) is 19.5. The average molecular weight is 1250 g/mol. The van der Waals surface area contributed by atoms with Crippen molar-refractivity contribution in [2.24, 2.45) is 50.5 Å². The molecule has 0 aliphatic carbocycles. The van der Waals surface area contributed by atoms with E-state index in [2.05, 4.69) is 36.6 Å². The van der Waals surface area contributed by atoms with Crippen LogP contribution < -0.4 is 70.6 Å². The Morgan fingerprint density at radius 3 is 1.31 bits per heavy atom. The van der Waals surface area contributed by atoms with Gasteiger partial charge in [-0.2, -0.15) is 0 Å². The third-order valence-electron chi connectivity index (χ3n) is 12.6. The number of carbonyl (C=O) groups excluding carboxylic acids is 9. The monoisotopic (exact) mass is 1240 g/mol. The molecule has 29 heteroatoms. The van der Waals surface area contributed by atoms with Gasteiger partial charge in [0.05, 0.1) is 24.5 Å². The van der Waals surface area contributed by atoms with Crippen LogP contribution in [0, 0.1) is 50.4 Å². The summed E-state index contributed by atoms with van der Waals surface area (Å²) in [6, 6.07) is 2.75. The molecular formula is C49H81N16O12Tb. The maximum atomic E-state index is 14.4. The number of primary amides is 1. The van der Waals surface area contributed by atoms with Gasteiger partial charge in [0.1, 0.15) is 30.2 Å². The number of carboxylic acids is 3. The topological polar surface area (TPSA) is 451 Å². The van der Waals surface area contributed by atoms with Crippen LogP contribution in [0.2, 0.25) is 0 Å². The van der Waals surface area contributed by atoms with Gasteiger partial charge in [-0.15, -0.1) is 0 Å². The maximum absolute atomic E-state index is 14.4. The summed E-state index contributed by atoms with van der Waals surface area (Å²) in [6.07, 6.45) is 0.853. The number of carbonyl (C=O) groups is 9. The number of nitrogens with zero attached hydrogens (tertiary/aromatic N) is 6. The largest absolute Gasteiger partial charge is 3.00 e. The number of nitrogens with two attached hydrogens (primary N) is 5. The predicted octanol–water partition coefficient (Wildman–Crippen LogP) is -8.19. The van der Waals surface area contributed by atoms with Crippen LogP contribution in [0.1, 0.15) is 71.8 Å². The van der Waals surface area contributed by atoms with E-state index in [4.69, 9.17) is 28.7 Å². The second kappa shape index (κ2) is 37.8. The molecule has 0 spiro atoms. The minimum atomic E-state index is -1.39. The summed E-state index contributed by atoms with van der Waals surface area (Å²) in [5.41, 5.74) is 28.6. The van der Waals surface area contributed by atoms with Crippen molar-refractivity contribution in [2.75, 3.05) is 91.6 Å². The van der Waals surface area contributed by atoms with Gasteiger partial charge in [0, 0.05) is 91.5 Å². The SMILES string of the molecule is CC[C@H](C)[C@H](NC(=O)[C@H](CC(C)C)NC(=O)[C@H](CCCN=C(N)N)NC(=O)[C@H](CCCN=C(N)N)NC(=O)CN1CCN(CC(=O)[O-])CCN(CC(=O)[O-])CCN(CC(=O)[O-])CC1)C(=O)N[C@@H](Cc1ccccc1)C(N)=O.[Tb+3]. The summed E-state index contributed by atoms with van der Waals surface area (Å²) < 4.78 is 0. The van der Waals surface area contributed by atoms with E-state index in [-0.39, 0.29) is 167 Å². The van der Waals surface area contributed by atoms with Crippen LogP contribution in [0.25, 0.3) is 0 Å². The van der Waals surface area contributed by atoms with Crippen molar-refractivity contribution in [1.29, 1.82) is 0 Å². The van der Waals surface area contributed by atoms with Gasteiger partial charge in [-0.3, -0.25) is 58.4 Å². The number of aliphatic imine (C=N–C) groups is 2. The summed E-state index contributed by atoms with van der Waals surface area (Å²) in [5, 5.41) is 48.5. The number of carboxylic acid groups (broad SMARTS) is 3. The van der Waals surface area contributed by atoms with Crippen molar-refractivity contribution in [3.63, 3.8) is 0 Å². The molecule has 1 aromatic carbocycles. The van der Waals surface area contributed by atoms with Crippen LogP contribution in [-0.2, 0) is 49.6 Å². The van der Waals surface area contributed by atoms with Crippen molar-refractivity contribution < 1.29 is 97.1 Å². The van der Waals surface area contributed by atoms with Gasteiger partial charge in [0.2, 0.25) is 35.4 Å². The zero-order valence-electron chi connectivity index (χ0n) is 45.1. The number of rotatable bonds is 32. The molecule has 78 heavy (non-hydrogen) atoms. The molecule has 6 amide bonds. The number of nitrogens with one attached hydrogen (secondary N) is 5. The third kappa shape index (κ3) is 29.7. The molecule has 1 heterocycles. The van der Waals surface area contributed by atoms with Gasteiger partial charge in [-0.25, -0.2) is 0 Å². The van der Waals surface area contributed by atoms with Crippen molar-refractivity contribution in [1.82, 2.24) is 46.2 Å². The molecule has 0 radical (unpaired) electrons. The first kappa shape index (κ1) is 70.1. The second-order valence-corrected chi connectivity index (χ2v) is 19.5. The van der Waals surface area contributed by atoms with E-state index in [0.29, 0.717) is 6.42 Å². The molecule has 1 aliphatic rings. The molecule has 2 rings (SSSR count). The molecule has 1 aromatic rings. The van der Waals surface area contributed by atoms with E-state index in [0.717, 1.165) is 5.56 Å². The number of hydrogen-bond acceptors (Lipinski definition) is 18. The number of hydrogen-bond donors (Lipinski definition) is 10. The van der Waals surface area contributed by atoms with Crippen LogP contribution in [0.15, 0.2) is 40.3 Å². The Morgan fingerprint density at radius 2 is 0.923 bits per heavy atom. The molecule has 0 saturated carbocycles. The van der Waals surface area contributed by atoms with E-state index < -0.39 is 109 Å². The summed E-state index contributed by atoms with van der Waals surface area (Å²) in [5.74, 6) is -9.66. The molecule has 1 fully saturated rings. The maximum Gasteiger partial charge on any atom is 3.00 e. The first-order valence-electron chi connectivity index (χ1n) is 25.8. The summed E-state index contributed by atoms with van der Waals surface area (Å²) >= 11 is 0. The van der Waals surface area contributed by atoms with Crippen molar-refractivity contribution in [2.45, 2.75) is 103 Å². The van der Waals surface area contributed by atoms with Crippen LogP contribution in [-0.4, -0.2) is 207 Å². The molecule has 438 valence electrons. The number of guanidine groups is 2. The number of benzene rings is 1. The third-order valence-corrected chi connectivity index (χ3v) is 12.6. The van der Waals surface area contributed by atoms with Crippen LogP contribution >= 0.6 is 0 Å². The van der Waals surface area contributed by atoms with Gasteiger partial charge in [0.15, 0.2) is 11.9 Å². The van der Waals surface area contributed by atoms with Crippen LogP contribution in [0.3, 0.4) is 0 Å². The van der Waals surface area contributed by atoms with E-state index in [1.807, 2.05) is 20.8 Å². The summed E-state index contributed by atoms with van der Waals surface area (Å²) in [4.78, 5) is 132. The summed E-state index contributed by atoms with van der Waals surface area (Å²) in [6.45, 7) is 6.00. The fourth-order valence-corrected chi connectivity index (χ4v) is 8.28. The van der Waals surface area contributed by atoms with Crippen molar-refractivity contribution >= 4 is 65.3 Å². The molecule has 0 unspecified atom stereocenters.